The van der Waals surface area contributed by atoms with E-state index in [1.807, 2.05) is 0 Å². The first-order valence-corrected chi connectivity index (χ1v) is 2.96. The van der Waals surface area contributed by atoms with Crippen LogP contribution in [0.2, 0.25) is 0 Å². The summed E-state index contributed by atoms with van der Waals surface area (Å²) < 4.78 is 2.60. The molecule has 0 atom stereocenters. The molecule has 0 amide bonds. The maximum atomic E-state index is 7.32. The van der Waals surface area contributed by atoms with E-state index in [9.17, 15) is 0 Å². The molecule has 43 valence electrons. The van der Waals surface area contributed by atoms with Crippen molar-refractivity contribution in [3.63, 3.8) is 0 Å². The summed E-state index contributed by atoms with van der Waals surface area (Å²) in [5.74, 6) is 0. The largest absolute Gasteiger partial charge is 0.317 e. The van der Waals surface area contributed by atoms with Crippen molar-refractivity contribution in [1.82, 2.24) is 5.48 Å². The van der Waals surface area contributed by atoms with E-state index in [2.05, 4.69) is 16.6 Å². The predicted octanol–water partition coefficient (Wildman–Crippen LogP) is -0.317. The number of rotatable bonds is 0. The van der Waals surface area contributed by atoms with Crippen LogP contribution in [0.25, 0.3) is 0 Å². The van der Waals surface area contributed by atoms with E-state index in [-0.39, 0.29) is 0 Å². The standard InChI is InChI=1S/C2H2.CH5NO.CH2.Mn/c1-2;1-2-3;;/h1H2;2-3H,1H3;1H2;. The Balaban J connectivity index is 0. The molecule has 0 aliphatic rings. The van der Waals surface area contributed by atoms with Crippen LogP contribution in [0.5, 0.6) is 0 Å². The minimum absolute atomic E-state index is 0.507. The number of hydrogen-bond donors (Lipinski definition) is 2. The van der Waals surface area contributed by atoms with Gasteiger partial charge in [-0.05, 0) is 0 Å². The maximum absolute atomic E-state index is 7.32. The van der Waals surface area contributed by atoms with Gasteiger partial charge in [0.2, 0.25) is 0 Å². The molecular formula is C4H9MnNO. The third-order valence-corrected chi connectivity index (χ3v) is 0.390. The summed E-state index contributed by atoms with van der Waals surface area (Å²) in [5, 5.41) is 7.32. The fraction of sp³-hybridized carbons (Fsp3) is 0.250. The van der Waals surface area contributed by atoms with Crippen molar-refractivity contribution in [3.05, 3.63) is 6.58 Å². The van der Waals surface area contributed by atoms with E-state index < -0.39 is 0 Å². The summed E-state index contributed by atoms with van der Waals surface area (Å²) in [4.78, 5) is 0. The quantitative estimate of drug-likeness (QED) is 0.359. The van der Waals surface area contributed by atoms with Crippen molar-refractivity contribution in [3.8, 4) is 0 Å². The summed E-state index contributed by atoms with van der Waals surface area (Å²) in [7, 11) is 1.43. The Morgan fingerprint density at radius 2 is 2.00 bits per heavy atom. The van der Waals surface area contributed by atoms with Crippen LogP contribution in [0, 0.1) is 0 Å². The van der Waals surface area contributed by atoms with Crippen LogP contribution in [0.1, 0.15) is 0 Å². The van der Waals surface area contributed by atoms with Crippen LogP contribution >= 0.6 is 0 Å². The van der Waals surface area contributed by atoms with Gasteiger partial charge in [-0.3, -0.25) is 0 Å². The Kier molecular flexibility index (Phi) is 24.0. The van der Waals surface area contributed by atoms with Crippen molar-refractivity contribution in [2.24, 2.45) is 0 Å². The third-order valence-electron chi connectivity index (χ3n) is 0.0945. The number of hydroxylamine groups is 1. The van der Waals surface area contributed by atoms with Crippen LogP contribution in [0.15, 0.2) is 6.58 Å². The van der Waals surface area contributed by atoms with E-state index in [4.69, 9.17) is 5.21 Å². The molecule has 0 aliphatic heterocycles. The molecule has 0 aromatic heterocycles. The fourth-order valence-corrected chi connectivity index (χ4v) is 0. The third kappa shape index (κ3) is 101. The second kappa shape index (κ2) is 16.7. The molecule has 0 aliphatic carbocycles. The second-order valence-corrected chi connectivity index (χ2v) is 1.33. The molecular weight excluding hydrogens is 133 g/mol. The van der Waals surface area contributed by atoms with Gasteiger partial charge in [-0.2, -0.15) is 0 Å². The van der Waals surface area contributed by atoms with E-state index in [0.717, 1.165) is 0 Å². The van der Waals surface area contributed by atoms with Crippen molar-refractivity contribution < 1.29 is 19.3 Å². The molecule has 3 heteroatoms. The van der Waals surface area contributed by atoms with Crippen LogP contribution in [-0.4, -0.2) is 22.3 Å². The molecule has 0 aromatic carbocycles. The van der Waals surface area contributed by atoms with Crippen molar-refractivity contribution in [1.29, 1.82) is 0 Å². The van der Waals surface area contributed by atoms with Crippen LogP contribution in [0.4, 0.5) is 0 Å². The first-order valence-electron chi connectivity index (χ1n) is 1.53. The monoisotopic (exact) mass is 142 g/mol. The molecule has 2 nitrogen and oxygen atoms in total. The molecule has 0 radical (unpaired) electrons. The van der Waals surface area contributed by atoms with Crippen LogP contribution in [0.3, 0.4) is 0 Å². The summed E-state index contributed by atoms with van der Waals surface area (Å²) in [6, 6.07) is 0. The Bertz CT molecular complexity index is 71.7. The molecule has 0 aromatic rings. The summed E-state index contributed by atoms with van der Waals surface area (Å²) in [6.45, 7) is 3.31. The van der Waals surface area contributed by atoms with E-state index in [1.54, 1.807) is 5.48 Å². The van der Waals surface area contributed by atoms with Gasteiger partial charge in [-0.1, -0.05) is 0 Å². The van der Waals surface area contributed by atoms with E-state index in [1.165, 1.54) is 7.05 Å². The number of hydrogen-bond acceptors (Lipinski definition) is 2. The molecule has 0 heterocycles. The Morgan fingerprint density at radius 1 is 1.86 bits per heavy atom. The topological polar surface area (TPSA) is 32.3 Å². The fourth-order valence-electron chi connectivity index (χ4n) is 0. The predicted molar refractivity (Wildman–Crippen MR) is 28.6 cm³/mol. The molecule has 2 N–H and O–H groups in total. The molecule has 0 unspecified atom stereocenters. The van der Waals surface area contributed by atoms with Crippen molar-refractivity contribution in [2.75, 3.05) is 7.05 Å². The van der Waals surface area contributed by atoms with Crippen molar-refractivity contribution in [2.45, 2.75) is 0 Å². The molecule has 0 saturated carbocycles. The zero-order valence-corrected chi connectivity index (χ0v) is 5.42. The maximum Gasteiger partial charge on any atom is 0.00929 e. The van der Waals surface area contributed by atoms with E-state index in [0.29, 0.717) is 14.1 Å². The van der Waals surface area contributed by atoms with Gasteiger partial charge < -0.3 is 5.21 Å². The Morgan fingerprint density at radius 3 is 2.00 bits per heavy atom. The molecule has 0 bridgehead atoms. The van der Waals surface area contributed by atoms with Gasteiger partial charge in [0.15, 0.2) is 0 Å². The molecule has 0 spiro atoms. The first kappa shape index (κ1) is 10.0. The normalized spacial score (nSPS) is 4.86. The van der Waals surface area contributed by atoms with Gasteiger partial charge in [0.05, 0.1) is 0 Å². The average Bonchev–Trinajstić information content (AvgIpc) is 1.69. The Labute approximate surface area is 49.1 Å². The second-order valence-electron chi connectivity index (χ2n) is 0.491. The molecule has 0 saturated heterocycles. The molecule has 7 heavy (non-hydrogen) atoms. The summed E-state index contributed by atoms with van der Waals surface area (Å²) >= 11 is 0.507. The van der Waals surface area contributed by atoms with Crippen LogP contribution < -0.4 is 5.48 Å². The van der Waals surface area contributed by atoms with Gasteiger partial charge in [-0.25, -0.2) is 5.48 Å². The van der Waals surface area contributed by atoms with Crippen LogP contribution in [-0.2, 0) is 14.1 Å². The minimum atomic E-state index is 0.507. The van der Waals surface area contributed by atoms with Gasteiger partial charge in [0, 0.05) is 7.05 Å². The smallest absolute Gasteiger partial charge is 0.00929 e. The van der Waals surface area contributed by atoms with Gasteiger partial charge in [0.25, 0.3) is 0 Å². The molecule has 0 fully saturated rings. The first-order chi connectivity index (χ1) is 3.33. The summed E-state index contributed by atoms with van der Waals surface area (Å²) in [6.07, 6.45) is 0. The summed E-state index contributed by atoms with van der Waals surface area (Å²) in [5.41, 5.74) is 5.21. The zero-order chi connectivity index (χ0) is 6.12. The average molecular weight is 142 g/mol. The Hall–Kier alpha value is -0.0405. The van der Waals surface area contributed by atoms with Gasteiger partial charge in [0.1, 0.15) is 0 Å². The minimum Gasteiger partial charge on any atom is -0.317 e. The number of nitrogens with one attached hydrogen (secondary N) is 1. The van der Waals surface area contributed by atoms with Crippen molar-refractivity contribution >= 4 is 10.00 Å². The zero-order valence-electron chi connectivity index (χ0n) is 4.24. The van der Waals surface area contributed by atoms with Gasteiger partial charge in [-0.15, -0.1) is 0 Å². The molecule has 0 rings (SSSR count). The van der Waals surface area contributed by atoms with Gasteiger partial charge >= 0.3 is 30.7 Å². The SMILES string of the molecule is C=[C]=[Mn]=[CH2].CNO. The van der Waals surface area contributed by atoms with E-state index >= 15 is 0 Å².